The van der Waals surface area contributed by atoms with Gasteiger partial charge in [-0.05, 0) is 48.9 Å². The van der Waals surface area contributed by atoms with E-state index in [1.54, 1.807) is 6.07 Å². The molecule has 0 saturated carbocycles. The van der Waals surface area contributed by atoms with Gasteiger partial charge in [0.1, 0.15) is 47.6 Å². The van der Waals surface area contributed by atoms with Crippen LogP contribution in [0.2, 0.25) is 0 Å². The first-order valence-corrected chi connectivity index (χ1v) is 18.1. The fraction of sp³-hybridized carbons (Fsp3) is 0.107. The number of hydrogen-bond donors (Lipinski definition) is 1. The van der Waals surface area contributed by atoms with Crippen LogP contribution in [-0.4, -0.2) is 62.1 Å². The van der Waals surface area contributed by atoms with Crippen LogP contribution >= 0.6 is 11.3 Å². The zero-order chi connectivity index (χ0) is 34.3. The Labute approximate surface area is 356 Å². The summed E-state index contributed by atoms with van der Waals surface area (Å²) in [7, 11) is -14.8. The molecule has 0 bridgehead atoms. The molecule has 1 N–H and O–H groups in total. The molecule has 4 aromatic carbocycles. The van der Waals surface area contributed by atoms with E-state index in [0.717, 1.165) is 29.5 Å². The third-order valence-corrected chi connectivity index (χ3v) is 10.7. The van der Waals surface area contributed by atoms with Crippen molar-refractivity contribution in [1.29, 1.82) is 0 Å². The zero-order valence-electron chi connectivity index (χ0n) is 26.7. The molecule has 1 aromatic heterocycles. The van der Waals surface area contributed by atoms with Gasteiger partial charge in [-0.3, -0.25) is 9.59 Å². The molecule has 0 atom stereocenters. The van der Waals surface area contributed by atoms with Crippen LogP contribution in [0, 0.1) is 6.92 Å². The van der Waals surface area contributed by atoms with Crippen molar-refractivity contribution in [2.24, 2.45) is 10.2 Å². The number of fused-ring (bicyclic) bond motifs is 2. The topological polar surface area (TPSA) is 255 Å². The van der Waals surface area contributed by atoms with Crippen LogP contribution in [0.25, 0.3) is 31.6 Å². The van der Waals surface area contributed by atoms with Gasteiger partial charge in [0.25, 0.3) is 0 Å². The number of thiazole rings is 1. The van der Waals surface area contributed by atoms with E-state index in [9.17, 15) is 48.5 Å². The number of aromatic nitrogens is 1. The maximum absolute atomic E-state index is 12.5. The summed E-state index contributed by atoms with van der Waals surface area (Å²) in [5.41, 5.74) is 0.206. The second kappa shape index (κ2) is 17.5. The smallest absolute Gasteiger partial charge is 0.744 e. The first kappa shape index (κ1) is 44.7. The molecule has 0 unspecified atom stereocenters. The third-order valence-electron chi connectivity index (χ3n) is 6.65. The fourth-order valence-electron chi connectivity index (χ4n) is 4.65. The second-order valence-electron chi connectivity index (χ2n) is 9.94. The van der Waals surface area contributed by atoms with Crippen molar-refractivity contribution < 1.29 is 137 Å². The molecule has 0 aliphatic heterocycles. The van der Waals surface area contributed by atoms with Gasteiger partial charge in [-0.2, -0.15) is 10.2 Å². The van der Waals surface area contributed by atoms with Crippen LogP contribution in [0.15, 0.2) is 91.6 Å². The Kier molecular flexibility index (Phi) is 15.7. The Morgan fingerprint density at radius 1 is 0.800 bits per heavy atom. The van der Waals surface area contributed by atoms with Crippen molar-refractivity contribution in [3.63, 3.8) is 0 Å². The van der Waals surface area contributed by atoms with Gasteiger partial charge in [0.15, 0.2) is 5.78 Å². The number of nitrogens with one attached hydrogen (secondary N) is 1. The van der Waals surface area contributed by atoms with Crippen LogP contribution in [0.1, 0.15) is 12.0 Å². The van der Waals surface area contributed by atoms with Gasteiger partial charge in [0, 0.05) is 22.0 Å². The minimum absolute atomic E-state index is 0. The van der Waals surface area contributed by atoms with Crippen molar-refractivity contribution in [3.8, 4) is 10.6 Å². The number of aryl methyl sites for hydroxylation is 1. The normalized spacial score (nSPS) is 11.8. The van der Waals surface area contributed by atoms with E-state index in [4.69, 9.17) is 0 Å². The number of nitrogens with zero attached hydrogens (tertiary/aromatic N) is 3. The van der Waals surface area contributed by atoms with E-state index in [0.29, 0.717) is 0 Å². The summed E-state index contributed by atoms with van der Waals surface area (Å²) in [6.07, 6.45) is -0.696. The van der Waals surface area contributed by atoms with Crippen molar-refractivity contribution in [1.82, 2.24) is 4.98 Å². The van der Waals surface area contributed by atoms with Crippen molar-refractivity contribution in [2.45, 2.75) is 28.0 Å². The Morgan fingerprint density at radius 2 is 1.44 bits per heavy atom. The van der Waals surface area contributed by atoms with Crippen LogP contribution in [0.3, 0.4) is 0 Å². The van der Waals surface area contributed by atoms with Crippen molar-refractivity contribution in [2.75, 3.05) is 11.9 Å². The number of carbonyl (C=O) groups excluding carboxylic acids is 2. The van der Waals surface area contributed by atoms with E-state index in [1.165, 1.54) is 49.4 Å². The molecule has 5 rings (SSSR count). The van der Waals surface area contributed by atoms with Gasteiger partial charge in [-0.25, -0.2) is 30.2 Å². The number of hydrogen-bond acceptors (Lipinski definition) is 15. The molecule has 15 nitrogen and oxygen atoms in total. The van der Waals surface area contributed by atoms with Crippen LogP contribution in [-0.2, 0) is 39.9 Å². The molecule has 0 fully saturated rings. The van der Waals surface area contributed by atoms with E-state index in [1.807, 2.05) is 0 Å². The molecular weight excluding hydrogens is 766 g/mol. The number of carbonyl (C=O) groups is 2. The van der Waals surface area contributed by atoms with E-state index >= 15 is 0 Å². The summed E-state index contributed by atoms with van der Waals surface area (Å²) in [6, 6.07) is 14.5. The maximum Gasteiger partial charge on any atom is 1.00 e. The molecule has 0 radical (unpaired) electrons. The fourth-order valence-corrected chi connectivity index (χ4v) is 8.25. The second-order valence-corrected chi connectivity index (χ2v) is 15.0. The van der Waals surface area contributed by atoms with Gasteiger partial charge < -0.3 is 19.0 Å². The molecule has 5 aromatic rings. The van der Waals surface area contributed by atoms with Crippen LogP contribution in [0.5, 0.6) is 0 Å². The quantitative estimate of drug-likeness (QED) is 0.0604. The minimum atomic E-state index is -5.15. The average Bonchev–Trinajstić information content (AvgIpc) is 3.39. The van der Waals surface area contributed by atoms with Crippen LogP contribution < -0.4 is 94.0 Å². The number of ketones is 1. The van der Waals surface area contributed by atoms with Crippen LogP contribution in [0.4, 0.5) is 11.4 Å². The van der Waals surface area contributed by atoms with Crippen molar-refractivity contribution >= 4 is 85.7 Å². The maximum atomic E-state index is 12.5. The van der Waals surface area contributed by atoms with Crippen molar-refractivity contribution in [3.05, 3.63) is 72.3 Å². The first-order chi connectivity index (χ1) is 21.9. The number of amides is 1. The summed E-state index contributed by atoms with van der Waals surface area (Å²) in [4.78, 5) is 27.5. The minimum Gasteiger partial charge on any atom is -0.744 e. The number of benzene rings is 4. The molecule has 50 heavy (non-hydrogen) atoms. The molecule has 0 saturated heterocycles. The Balaban J connectivity index is 0.00000289. The number of rotatable bonds is 10. The Morgan fingerprint density at radius 3 is 2.06 bits per heavy atom. The molecule has 1 heterocycles. The summed E-state index contributed by atoms with van der Waals surface area (Å²) in [5, 5.41) is 10.2. The average molecular weight is 785 g/mol. The number of anilines is 1. The SMILES string of the molecule is Cc1ccc2nc(-c3ccc(N=NCC(=O)CC(=O)Nc4ccc(S(=O)(=O)[O-])c5ccccc45)c(S(=O)(=O)[O-])c3)sc2c1S(=O)(=O)[O-].[Na+].[Na+].[Na+]. The molecule has 244 valence electrons. The van der Waals surface area contributed by atoms with Gasteiger partial charge in [0.05, 0.1) is 31.3 Å². The molecular formula is C28H19N4Na3O11S4. The van der Waals surface area contributed by atoms with E-state index in [-0.39, 0.29) is 131 Å². The monoisotopic (exact) mass is 784 g/mol. The Hall–Kier alpha value is -1.50. The summed E-state index contributed by atoms with van der Waals surface area (Å²) >= 11 is 0.809. The molecule has 0 aliphatic carbocycles. The molecule has 22 heteroatoms. The summed E-state index contributed by atoms with van der Waals surface area (Å²) in [6.45, 7) is 0.765. The largest absolute Gasteiger partial charge is 1.00 e. The van der Waals surface area contributed by atoms with Gasteiger partial charge in [-0.15, -0.1) is 11.3 Å². The number of azo groups is 1. The zero-order valence-corrected chi connectivity index (χ0v) is 36.0. The summed E-state index contributed by atoms with van der Waals surface area (Å²) < 4.78 is 106. The third kappa shape index (κ3) is 10.3. The van der Waals surface area contributed by atoms with Gasteiger partial charge in [0.2, 0.25) is 5.91 Å². The molecule has 0 aliphatic rings. The predicted molar refractivity (Wildman–Crippen MR) is 165 cm³/mol. The summed E-state index contributed by atoms with van der Waals surface area (Å²) in [5.74, 6) is -1.54. The van der Waals surface area contributed by atoms with Gasteiger partial charge in [-0.1, -0.05) is 30.3 Å². The molecule has 0 spiro atoms. The Bertz CT molecular complexity index is 2490. The first-order valence-electron chi connectivity index (χ1n) is 13.1. The standard InChI is InChI=1S/C28H22N4O11S4.3Na/c1-15-6-8-22-26(27(15)47(41,42)43)44-28(31-22)16-7-9-21(24(12-16)46(38,39)40)32-29-14-17(33)13-25(34)30-20-10-11-23(45(35,36)37)19-5-3-2-4-18(19)20;;;/h2-12H,13-14H2,1H3,(H,30,34)(H,35,36,37)(H,38,39,40)(H,41,42,43);;;/q;3*+1/p-3. The number of Topliss-reactive ketones (excluding diaryl/α,β-unsaturated/α-hetero) is 1. The molecule has 1 amide bonds. The van der Waals surface area contributed by atoms with Gasteiger partial charge >= 0.3 is 88.7 Å². The van der Waals surface area contributed by atoms with E-state index < -0.39 is 75.4 Å². The predicted octanol–water partition coefficient (Wildman–Crippen LogP) is -5.17. The van der Waals surface area contributed by atoms with E-state index in [2.05, 4.69) is 20.5 Å².